The number of fused-ring (bicyclic) bond motifs is 2. The minimum atomic E-state index is -3.89. The van der Waals surface area contributed by atoms with Crippen LogP contribution < -0.4 is 20.2 Å². The molecule has 2 atom stereocenters. The number of hydrogen-bond acceptors (Lipinski definition) is 10. The van der Waals surface area contributed by atoms with Gasteiger partial charge < -0.3 is 10.1 Å². The van der Waals surface area contributed by atoms with E-state index in [0.29, 0.717) is 21.3 Å². The number of primary sulfonamides is 1. The summed E-state index contributed by atoms with van der Waals surface area (Å²) in [6.45, 7) is 5.15. The van der Waals surface area contributed by atoms with Crippen LogP contribution in [0.5, 0.6) is 0 Å². The first kappa shape index (κ1) is 29.7. The van der Waals surface area contributed by atoms with Crippen LogP contribution in [-0.2, 0) is 41.1 Å². The van der Waals surface area contributed by atoms with E-state index in [4.69, 9.17) is 9.88 Å². The molecule has 3 N–H and O–H groups in total. The van der Waals surface area contributed by atoms with Gasteiger partial charge >= 0.3 is 10.8 Å². The van der Waals surface area contributed by atoms with Crippen molar-refractivity contribution in [3.05, 3.63) is 68.6 Å². The summed E-state index contributed by atoms with van der Waals surface area (Å²) >= 11 is 2.01. The molecule has 1 fully saturated rings. The van der Waals surface area contributed by atoms with Crippen LogP contribution in [0.15, 0.2) is 63.2 Å². The maximum Gasteiger partial charge on any atom is 0.338 e. The Kier molecular flexibility index (Phi) is 7.64. The first-order valence-electron chi connectivity index (χ1n) is 12.7. The summed E-state index contributed by atoms with van der Waals surface area (Å²) < 4.78 is 29.2. The third-order valence-electron chi connectivity index (χ3n) is 7.11. The number of hydrogen-bond donors (Lipinski definition) is 2. The van der Waals surface area contributed by atoms with E-state index in [2.05, 4.69) is 5.32 Å². The fourth-order valence-corrected chi connectivity index (χ4v) is 8.61. The quantitative estimate of drug-likeness (QED) is 0.293. The van der Waals surface area contributed by atoms with E-state index >= 15 is 0 Å². The Morgan fingerprint density at radius 1 is 1.02 bits per heavy atom. The molecule has 0 unspecified atom stereocenters. The highest BCUT2D eigenvalue weighted by atomic mass is 32.2. The monoisotopic (exact) mass is 630 g/mol. The zero-order valence-corrected chi connectivity index (χ0v) is 25.1. The molecule has 3 heterocycles. The maximum absolute atomic E-state index is 13.7. The van der Waals surface area contributed by atoms with Gasteiger partial charge in [0.05, 0.1) is 33.7 Å². The molecule has 12 nitrogen and oxygen atoms in total. The van der Waals surface area contributed by atoms with Gasteiger partial charge in [-0.05, 0) is 55.5 Å². The average Bonchev–Trinajstić information content (AvgIpc) is 3.37. The molecule has 220 valence electrons. The number of thioether (sulfide) groups is 1. The molecular weight excluding hydrogens is 605 g/mol. The van der Waals surface area contributed by atoms with Crippen molar-refractivity contribution in [3.8, 4) is 0 Å². The molecule has 5 rings (SSSR count). The summed E-state index contributed by atoms with van der Waals surface area (Å²) in [5.41, 5.74) is 0.0139. The van der Waals surface area contributed by atoms with Gasteiger partial charge in [0.25, 0.3) is 0 Å². The Balaban J connectivity index is 1.39. The van der Waals surface area contributed by atoms with Gasteiger partial charge in [-0.15, -0.1) is 0 Å². The second kappa shape index (κ2) is 10.8. The van der Waals surface area contributed by atoms with E-state index in [1.807, 2.05) is 0 Å². The normalized spacial score (nSPS) is 19.3. The van der Waals surface area contributed by atoms with Crippen molar-refractivity contribution in [1.29, 1.82) is 0 Å². The van der Waals surface area contributed by atoms with Crippen LogP contribution in [0, 0.1) is 5.92 Å². The molecule has 0 saturated carbocycles. The number of rotatable bonds is 7. The van der Waals surface area contributed by atoms with Gasteiger partial charge in [-0.25, -0.2) is 23.3 Å². The second-order valence-electron chi connectivity index (χ2n) is 10.2. The SMILES string of the molecule is CCOC(=O)c1ccc(N2C(=O)[C@H]3Sc4c(sc(=O)n4CC(=O)Nc4ccc(S(N)(=O)=O)cc4)C(C)(C)[C@H]3C2=O)cc1. The molecule has 0 bridgehead atoms. The number of benzene rings is 2. The Hall–Kier alpha value is -3.79. The summed E-state index contributed by atoms with van der Waals surface area (Å²) in [5.74, 6) is -2.68. The number of imide groups is 1. The van der Waals surface area contributed by atoms with Gasteiger partial charge in [-0.1, -0.05) is 36.9 Å². The standard InChI is InChI=1S/C27H26N4O8S3/c1-4-39-25(35)14-5-9-16(10-6-14)31-22(33)19-20(23(31)34)40-24-21(27(19,2)3)41-26(36)30(24)13-18(32)29-15-7-11-17(12-8-15)42(28,37)38/h5-12,19-20H,4,13H2,1-3H3,(H,29,32)(H2,28,37,38)/t19-,20+/m1/s1. The fourth-order valence-electron chi connectivity index (χ4n) is 5.05. The summed E-state index contributed by atoms with van der Waals surface area (Å²) in [6, 6.07) is 11.3. The van der Waals surface area contributed by atoms with Crippen molar-refractivity contribution < 1.29 is 32.3 Å². The maximum atomic E-state index is 13.7. The first-order chi connectivity index (χ1) is 19.7. The summed E-state index contributed by atoms with van der Waals surface area (Å²) in [5, 5.41) is 7.34. The number of esters is 1. The van der Waals surface area contributed by atoms with Crippen LogP contribution in [-0.4, -0.2) is 48.5 Å². The van der Waals surface area contributed by atoms with Gasteiger partial charge in [0.15, 0.2) is 0 Å². The third-order valence-corrected chi connectivity index (χ3v) is 10.9. The van der Waals surface area contributed by atoms with Crippen molar-refractivity contribution >= 4 is 68.2 Å². The number of amides is 3. The molecule has 0 spiro atoms. The molecule has 3 aromatic rings. The zero-order valence-electron chi connectivity index (χ0n) is 22.7. The zero-order chi connectivity index (χ0) is 30.6. The number of aromatic nitrogens is 1. The fraction of sp³-hybridized carbons (Fsp3) is 0.296. The number of carbonyl (C=O) groups is 4. The van der Waals surface area contributed by atoms with E-state index in [1.54, 1.807) is 20.8 Å². The van der Waals surface area contributed by atoms with Crippen molar-refractivity contribution in [3.63, 3.8) is 0 Å². The molecule has 15 heteroatoms. The van der Waals surface area contributed by atoms with Gasteiger partial charge in [-0.3, -0.25) is 23.7 Å². The van der Waals surface area contributed by atoms with Crippen molar-refractivity contribution in [2.45, 2.75) is 47.9 Å². The number of thiazole rings is 1. The van der Waals surface area contributed by atoms with Crippen molar-refractivity contribution in [2.24, 2.45) is 11.1 Å². The third kappa shape index (κ3) is 5.17. The van der Waals surface area contributed by atoms with Crippen LogP contribution >= 0.6 is 23.1 Å². The van der Waals surface area contributed by atoms with E-state index in [-0.39, 0.29) is 23.6 Å². The molecule has 0 aliphatic carbocycles. The predicted molar refractivity (Wildman–Crippen MR) is 156 cm³/mol. The Labute approximate surface area is 248 Å². The molecule has 1 aromatic heterocycles. The second-order valence-corrected chi connectivity index (χ2v) is 13.9. The first-order valence-corrected chi connectivity index (χ1v) is 16.0. The number of sulfonamides is 1. The van der Waals surface area contributed by atoms with E-state index < -0.39 is 55.2 Å². The molecule has 2 aliphatic heterocycles. The molecule has 2 aromatic carbocycles. The number of nitrogens with zero attached hydrogens (tertiary/aromatic N) is 2. The molecule has 3 amide bonds. The highest BCUT2D eigenvalue weighted by molar-refractivity contribution is 8.01. The summed E-state index contributed by atoms with van der Waals surface area (Å²) in [7, 11) is -3.89. The number of carbonyl (C=O) groups excluding carboxylic acids is 4. The van der Waals surface area contributed by atoms with Crippen LogP contribution in [0.2, 0.25) is 0 Å². The Bertz CT molecular complexity index is 1780. The van der Waals surface area contributed by atoms with Gasteiger partial charge in [-0.2, -0.15) is 0 Å². The van der Waals surface area contributed by atoms with Crippen molar-refractivity contribution in [2.75, 3.05) is 16.8 Å². The highest BCUT2D eigenvalue weighted by Crippen LogP contribution is 2.54. The topological polar surface area (TPSA) is 175 Å². The van der Waals surface area contributed by atoms with Gasteiger partial charge in [0, 0.05) is 16.0 Å². The van der Waals surface area contributed by atoms with Gasteiger partial charge in [0.1, 0.15) is 11.8 Å². The lowest BCUT2D eigenvalue weighted by atomic mass is 9.76. The Morgan fingerprint density at radius 3 is 2.26 bits per heavy atom. The number of ether oxygens (including phenoxy) is 1. The summed E-state index contributed by atoms with van der Waals surface area (Å²) in [4.78, 5) is 66.4. The smallest absolute Gasteiger partial charge is 0.338 e. The lowest BCUT2D eigenvalue weighted by molar-refractivity contribution is -0.123. The number of nitrogens with one attached hydrogen (secondary N) is 1. The molecule has 1 saturated heterocycles. The average molecular weight is 631 g/mol. The molecule has 0 radical (unpaired) electrons. The lowest BCUT2D eigenvalue weighted by Gasteiger charge is -2.36. The van der Waals surface area contributed by atoms with Crippen LogP contribution in [0.3, 0.4) is 0 Å². The van der Waals surface area contributed by atoms with E-state index in [0.717, 1.165) is 28.0 Å². The van der Waals surface area contributed by atoms with Gasteiger partial charge in [0.2, 0.25) is 27.7 Å². The number of anilines is 2. The lowest BCUT2D eigenvalue weighted by Crippen LogP contribution is -2.41. The number of nitrogens with two attached hydrogens (primary N) is 1. The molecule has 42 heavy (non-hydrogen) atoms. The largest absolute Gasteiger partial charge is 0.462 e. The molecule has 2 aliphatic rings. The minimum absolute atomic E-state index is 0.114. The highest BCUT2D eigenvalue weighted by Gasteiger charge is 2.59. The van der Waals surface area contributed by atoms with Crippen LogP contribution in [0.4, 0.5) is 11.4 Å². The van der Waals surface area contributed by atoms with Crippen LogP contribution in [0.1, 0.15) is 36.0 Å². The molecular formula is C27H26N4O8S3. The van der Waals surface area contributed by atoms with Crippen LogP contribution in [0.25, 0.3) is 0 Å². The minimum Gasteiger partial charge on any atom is -0.462 e. The Morgan fingerprint density at radius 2 is 1.67 bits per heavy atom. The summed E-state index contributed by atoms with van der Waals surface area (Å²) in [6.07, 6.45) is 0. The van der Waals surface area contributed by atoms with E-state index in [9.17, 15) is 32.4 Å². The predicted octanol–water partition coefficient (Wildman–Crippen LogP) is 2.31. The van der Waals surface area contributed by atoms with E-state index in [1.165, 1.54) is 53.1 Å². The van der Waals surface area contributed by atoms with Crippen molar-refractivity contribution in [1.82, 2.24) is 4.57 Å².